The van der Waals surface area contributed by atoms with Gasteiger partial charge in [0.15, 0.2) is 11.5 Å². The Morgan fingerprint density at radius 3 is 2.63 bits per heavy atom. The highest BCUT2D eigenvalue weighted by Gasteiger charge is 2.40. The molecule has 0 aromatic heterocycles. The van der Waals surface area contributed by atoms with Crippen LogP contribution in [0.25, 0.3) is 0 Å². The molecule has 2 aromatic carbocycles. The van der Waals surface area contributed by atoms with Crippen LogP contribution in [0.3, 0.4) is 0 Å². The van der Waals surface area contributed by atoms with Gasteiger partial charge < -0.3 is 29.9 Å². The van der Waals surface area contributed by atoms with Crippen molar-refractivity contribution in [1.82, 2.24) is 10.2 Å². The number of hydrogen-bond donors (Lipinski definition) is 3. The number of amides is 2. The Kier molecular flexibility index (Phi) is 12.5. The number of aliphatic hydroxyl groups is 2. The molecule has 0 spiro atoms. The molecule has 41 heavy (non-hydrogen) atoms. The highest BCUT2D eigenvalue weighted by molar-refractivity contribution is 14.1. The first kappa shape index (κ1) is 32.9. The van der Waals surface area contributed by atoms with Crippen molar-refractivity contribution in [3.8, 4) is 11.5 Å². The van der Waals surface area contributed by atoms with Crippen LogP contribution in [0.5, 0.6) is 11.5 Å². The molecule has 2 amide bonds. The van der Waals surface area contributed by atoms with Crippen molar-refractivity contribution in [3.05, 3.63) is 78.9 Å². The molecule has 0 bridgehead atoms. The van der Waals surface area contributed by atoms with E-state index in [1.54, 1.807) is 30.3 Å². The number of carbonyl (C=O) groups excluding carboxylic acids is 3. The molecule has 3 unspecified atom stereocenters. The molecule has 1 aliphatic rings. The Morgan fingerprint density at radius 1 is 1.24 bits per heavy atom. The second-order valence-corrected chi connectivity index (χ2v) is 11.2. The third-order valence-electron chi connectivity index (χ3n) is 6.39. The molecule has 0 radical (unpaired) electrons. The van der Waals surface area contributed by atoms with Crippen LogP contribution in [-0.2, 0) is 16.1 Å². The first-order chi connectivity index (χ1) is 19.6. The monoisotopic (exact) mass is 716 g/mol. The lowest BCUT2D eigenvalue weighted by molar-refractivity contribution is -0.134. The number of nitrogens with one attached hydrogen (secondary N) is 1. The van der Waals surface area contributed by atoms with E-state index in [1.807, 2.05) is 29.5 Å². The number of aldehydes is 1. The van der Waals surface area contributed by atoms with E-state index < -0.39 is 24.2 Å². The lowest BCUT2D eigenvalue weighted by atomic mass is 9.87. The lowest BCUT2D eigenvalue weighted by Gasteiger charge is -2.40. The van der Waals surface area contributed by atoms with Crippen LogP contribution >= 0.6 is 45.8 Å². The van der Waals surface area contributed by atoms with Crippen LogP contribution in [0.4, 0.5) is 0 Å². The van der Waals surface area contributed by atoms with E-state index in [1.165, 1.54) is 30.2 Å². The van der Waals surface area contributed by atoms with Gasteiger partial charge in [0.2, 0.25) is 11.8 Å². The fraction of sp³-hybridized carbons (Fsp3) is 0.345. The molecule has 0 saturated carbocycles. The number of allylic oxidation sites excluding steroid dienone is 1. The topological polar surface area (TPSA) is 125 Å². The minimum absolute atomic E-state index is 0.00745. The number of aliphatic hydroxyl groups excluding tert-OH is 2. The quantitative estimate of drug-likeness (QED) is 0.170. The molecule has 9 nitrogen and oxygen atoms in total. The van der Waals surface area contributed by atoms with E-state index in [0.717, 1.165) is 0 Å². The van der Waals surface area contributed by atoms with Crippen molar-refractivity contribution in [1.29, 1.82) is 0 Å². The minimum atomic E-state index is -1.28. The molecular formula is C29H31Cl2IN2O7. The predicted molar refractivity (Wildman–Crippen MR) is 165 cm³/mol. The summed E-state index contributed by atoms with van der Waals surface area (Å²) >= 11 is 14.5. The Labute approximate surface area is 262 Å². The van der Waals surface area contributed by atoms with Gasteiger partial charge in [-0.1, -0.05) is 42.3 Å². The summed E-state index contributed by atoms with van der Waals surface area (Å²) in [4.78, 5) is 39.3. The van der Waals surface area contributed by atoms with Gasteiger partial charge in [-0.2, -0.15) is 0 Å². The molecule has 0 fully saturated rings. The summed E-state index contributed by atoms with van der Waals surface area (Å²) in [5.41, 5.74) is 1.23. The molecule has 3 N–H and O–H groups in total. The molecule has 0 aliphatic heterocycles. The van der Waals surface area contributed by atoms with Crippen LogP contribution in [0.2, 0.25) is 10.0 Å². The molecule has 2 aromatic rings. The fourth-order valence-corrected chi connectivity index (χ4v) is 5.57. The van der Waals surface area contributed by atoms with Gasteiger partial charge >= 0.3 is 0 Å². The maximum atomic E-state index is 13.5. The Morgan fingerprint density at radius 2 is 2.00 bits per heavy atom. The zero-order valence-corrected chi connectivity index (χ0v) is 26.1. The average Bonchev–Trinajstić information content (AvgIpc) is 2.96. The molecule has 12 heteroatoms. The maximum Gasteiger partial charge on any atom is 0.247 e. The van der Waals surface area contributed by atoms with Crippen molar-refractivity contribution >= 4 is 63.9 Å². The number of hydrogen-bond acceptors (Lipinski definition) is 7. The van der Waals surface area contributed by atoms with Gasteiger partial charge in [-0.25, -0.2) is 0 Å². The highest BCUT2D eigenvalue weighted by atomic mass is 127. The summed E-state index contributed by atoms with van der Waals surface area (Å²) in [6, 6.07) is 7.12. The van der Waals surface area contributed by atoms with Gasteiger partial charge in [0.25, 0.3) is 0 Å². The van der Waals surface area contributed by atoms with Crippen LogP contribution in [-0.4, -0.2) is 71.7 Å². The third-order valence-corrected chi connectivity index (χ3v) is 7.78. The highest BCUT2D eigenvalue weighted by Crippen LogP contribution is 2.37. The standard InChI is InChI=1S/C29H31Cl2IN2O7/c1-3-4-5-26(37)34(15-18-6-7-20(30)14-21(18)31)23-12-19(29(39)33-8-9-35)13-24(27(23)38)41-28-22(32)10-17(16-36)11-25(28)40-2/h4-7,10-11,13-14,16,23-24,27,35,38H,3,8-9,12,15H2,1-2H3,(H,33,39). The zero-order chi connectivity index (χ0) is 30.1. The van der Waals surface area contributed by atoms with Crippen LogP contribution < -0.4 is 14.8 Å². The SMILES string of the molecule is CCC=CC(=O)N(Cc1ccc(Cl)cc1Cl)C1CC(C(=O)NCCO)=CC(Oc2c(I)cc(C=O)cc2OC)C1O. The van der Waals surface area contributed by atoms with Gasteiger partial charge in [-0.15, -0.1) is 0 Å². The fourth-order valence-electron chi connectivity index (χ4n) is 4.34. The Bertz CT molecular complexity index is 1330. The first-order valence-electron chi connectivity index (χ1n) is 12.8. The lowest BCUT2D eigenvalue weighted by Crippen LogP contribution is -2.54. The normalized spacial score (nSPS) is 18.5. The van der Waals surface area contributed by atoms with E-state index in [9.17, 15) is 24.6 Å². The van der Waals surface area contributed by atoms with Crippen LogP contribution in [0, 0.1) is 3.57 Å². The molecule has 1 aliphatic carbocycles. The maximum absolute atomic E-state index is 13.5. The second kappa shape index (κ2) is 15.5. The smallest absolute Gasteiger partial charge is 0.247 e. The third kappa shape index (κ3) is 8.45. The largest absolute Gasteiger partial charge is 0.493 e. The summed E-state index contributed by atoms with van der Waals surface area (Å²) in [7, 11) is 1.42. The molecule has 3 atom stereocenters. The van der Waals surface area contributed by atoms with Gasteiger partial charge in [0.05, 0.1) is 23.3 Å². The number of carbonyl (C=O) groups is 3. The van der Waals surface area contributed by atoms with Gasteiger partial charge in [-0.3, -0.25) is 14.4 Å². The number of ether oxygens (including phenoxy) is 2. The molecular weight excluding hydrogens is 686 g/mol. The van der Waals surface area contributed by atoms with Crippen molar-refractivity contribution < 1.29 is 34.1 Å². The average molecular weight is 717 g/mol. The summed E-state index contributed by atoms with van der Waals surface area (Å²) in [6.45, 7) is 1.68. The van der Waals surface area contributed by atoms with E-state index in [4.69, 9.17) is 32.7 Å². The Balaban J connectivity index is 2.08. The first-order valence-corrected chi connectivity index (χ1v) is 14.6. The van der Waals surface area contributed by atoms with Crippen LogP contribution in [0.15, 0.2) is 54.1 Å². The zero-order valence-electron chi connectivity index (χ0n) is 22.5. The Hall–Kier alpha value is -2.64. The van der Waals surface area contributed by atoms with Crippen molar-refractivity contribution in [3.63, 3.8) is 0 Å². The number of nitrogens with zero attached hydrogens (tertiary/aromatic N) is 1. The van der Waals surface area contributed by atoms with Crippen molar-refractivity contribution in [2.24, 2.45) is 0 Å². The van der Waals surface area contributed by atoms with E-state index >= 15 is 0 Å². The predicted octanol–water partition coefficient (Wildman–Crippen LogP) is 4.33. The molecule has 3 rings (SSSR count). The molecule has 0 saturated heterocycles. The summed E-state index contributed by atoms with van der Waals surface area (Å²) in [5, 5.41) is 24.3. The van der Waals surface area contributed by atoms with E-state index in [-0.39, 0.29) is 49.1 Å². The minimum Gasteiger partial charge on any atom is -0.493 e. The van der Waals surface area contributed by atoms with Gasteiger partial charge in [-0.05, 0) is 71.0 Å². The molecule has 220 valence electrons. The molecule has 0 heterocycles. The summed E-state index contributed by atoms with van der Waals surface area (Å²) < 4.78 is 12.2. The number of rotatable bonds is 12. The van der Waals surface area contributed by atoms with Crippen molar-refractivity contribution in [2.75, 3.05) is 20.3 Å². The van der Waals surface area contributed by atoms with Gasteiger partial charge in [0, 0.05) is 40.7 Å². The number of methoxy groups -OCH3 is 1. The number of halogens is 3. The summed E-state index contributed by atoms with van der Waals surface area (Å²) in [6.07, 6.45) is 3.56. The van der Waals surface area contributed by atoms with E-state index in [0.29, 0.717) is 37.4 Å². The van der Waals surface area contributed by atoms with E-state index in [2.05, 4.69) is 5.32 Å². The number of benzene rings is 2. The van der Waals surface area contributed by atoms with Crippen molar-refractivity contribution in [2.45, 2.75) is 44.6 Å². The summed E-state index contributed by atoms with van der Waals surface area (Å²) in [5.74, 6) is -0.331. The van der Waals surface area contributed by atoms with Gasteiger partial charge in [0.1, 0.15) is 18.5 Å². The van der Waals surface area contributed by atoms with Crippen LogP contribution in [0.1, 0.15) is 35.7 Å². The second-order valence-electron chi connectivity index (χ2n) is 9.18.